The Balaban J connectivity index is 2.50. The molecule has 0 aliphatic rings. The lowest BCUT2D eigenvalue weighted by atomic mass is 10.1. The smallest absolute Gasteiger partial charge is 0.417 e. The molecule has 2 aromatic rings. The van der Waals surface area contributed by atoms with E-state index in [1.165, 1.54) is 7.11 Å². The number of nitrogens with one attached hydrogen (secondary N) is 1. The third kappa shape index (κ3) is 2.14. The highest BCUT2D eigenvalue weighted by Crippen LogP contribution is 2.22. The van der Waals surface area contributed by atoms with Gasteiger partial charge in [-0.25, -0.2) is 9.59 Å². The minimum Gasteiger partial charge on any atom is -0.468 e. The SMILES string of the molecule is COC(=O)C(c1ccc2oc(=O)[nH]c2c1)N(C)C. The van der Waals surface area contributed by atoms with E-state index in [1.54, 1.807) is 37.2 Å². The van der Waals surface area contributed by atoms with Gasteiger partial charge in [-0.1, -0.05) is 6.07 Å². The maximum atomic E-state index is 11.7. The first-order valence-electron chi connectivity index (χ1n) is 5.40. The maximum absolute atomic E-state index is 11.7. The third-order valence-electron chi connectivity index (χ3n) is 2.70. The highest BCUT2D eigenvalue weighted by Gasteiger charge is 2.24. The van der Waals surface area contributed by atoms with Gasteiger partial charge in [-0.2, -0.15) is 0 Å². The number of fused-ring (bicyclic) bond motifs is 1. The van der Waals surface area contributed by atoms with Gasteiger partial charge >= 0.3 is 11.7 Å². The Morgan fingerprint density at radius 1 is 1.44 bits per heavy atom. The van der Waals surface area contributed by atoms with Crippen molar-refractivity contribution in [2.45, 2.75) is 6.04 Å². The fourth-order valence-corrected chi connectivity index (χ4v) is 1.90. The first-order valence-corrected chi connectivity index (χ1v) is 5.40. The molecule has 1 aromatic heterocycles. The van der Waals surface area contributed by atoms with Crippen molar-refractivity contribution < 1.29 is 13.9 Å². The number of oxazole rings is 1. The maximum Gasteiger partial charge on any atom is 0.417 e. The zero-order valence-corrected chi connectivity index (χ0v) is 10.4. The van der Waals surface area contributed by atoms with E-state index in [9.17, 15) is 9.59 Å². The molecule has 0 bridgehead atoms. The fraction of sp³-hybridized carbons (Fsp3) is 0.333. The Hall–Kier alpha value is -2.08. The van der Waals surface area contributed by atoms with Crippen molar-refractivity contribution in [2.24, 2.45) is 0 Å². The molecule has 0 aliphatic carbocycles. The van der Waals surface area contributed by atoms with Crippen LogP contribution in [-0.4, -0.2) is 37.1 Å². The molecular formula is C12H14N2O4. The largest absolute Gasteiger partial charge is 0.468 e. The van der Waals surface area contributed by atoms with E-state index in [0.717, 1.165) is 5.56 Å². The van der Waals surface area contributed by atoms with E-state index in [2.05, 4.69) is 4.98 Å². The molecule has 6 heteroatoms. The lowest BCUT2D eigenvalue weighted by Crippen LogP contribution is -2.28. The average molecular weight is 250 g/mol. The van der Waals surface area contributed by atoms with Crippen molar-refractivity contribution in [1.82, 2.24) is 9.88 Å². The Kier molecular flexibility index (Phi) is 3.20. The van der Waals surface area contributed by atoms with Crippen molar-refractivity contribution in [1.29, 1.82) is 0 Å². The van der Waals surface area contributed by atoms with Gasteiger partial charge in [0.2, 0.25) is 0 Å². The van der Waals surface area contributed by atoms with Gasteiger partial charge in [0.1, 0.15) is 6.04 Å². The van der Waals surface area contributed by atoms with Crippen molar-refractivity contribution in [3.05, 3.63) is 34.3 Å². The number of methoxy groups -OCH3 is 1. The Labute approximate surface area is 103 Å². The minimum absolute atomic E-state index is 0.356. The molecule has 0 aliphatic heterocycles. The fourth-order valence-electron chi connectivity index (χ4n) is 1.90. The van der Waals surface area contributed by atoms with Crippen LogP contribution in [0.5, 0.6) is 0 Å². The number of H-pyrrole nitrogens is 1. The molecule has 0 amide bonds. The second-order valence-electron chi connectivity index (χ2n) is 4.16. The summed E-state index contributed by atoms with van der Waals surface area (Å²) in [5.41, 5.74) is 1.76. The van der Waals surface area contributed by atoms with Crippen molar-refractivity contribution in [2.75, 3.05) is 21.2 Å². The molecule has 96 valence electrons. The van der Waals surface area contributed by atoms with E-state index < -0.39 is 11.8 Å². The summed E-state index contributed by atoms with van der Waals surface area (Å²) in [6.07, 6.45) is 0. The average Bonchev–Trinajstić information content (AvgIpc) is 2.68. The van der Waals surface area contributed by atoms with Crippen LogP contribution in [-0.2, 0) is 9.53 Å². The molecule has 18 heavy (non-hydrogen) atoms. The van der Waals surface area contributed by atoms with Crippen LogP contribution in [0.25, 0.3) is 11.1 Å². The molecule has 0 fully saturated rings. The van der Waals surface area contributed by atoms with Crippen LogP contribution in [0.1, 0.15) is 11.6 Å². The second-order valence-corrected chi connectivity index (χ2v) is 4.16. The number of likely N-dealkylation sites (N-methyl/N-ethyl adjacent to an activating group) is 1. The van der Waals surface area contributed by atoms with Crippen LogP contribution in [0.15, 0.2) is 27.4 Å². The predicted octanol–water partition coefficient (Wildman–Crippen LogP) is 0.897. The number of rotatable bonds is 3. The number of hydrogen-bond acceptors (Lipinski definition) is 5. The van der Waals surface area contributed by atoms with Crippen LogP contribution < -0.4 is 5.76 Å². The van der Waals surface area contributed by atoms with Gasteiger partial charge in [0, 0.05) is 0 Å². The van der Waals surface area contributed by atoms with Crippen LogP contribution in [0.4, 0.5) is 0 Å². The van der Waals surface area contributed by atoms with Gasteiger partial charge in [0.05, 0.1) is 12.6 Å². The van der Waals surface area contributed by atoms with E-state index in [1.807, 2.05) is 0 Å². The summed E-state index contributed by atoms with van der Waals surface area (Å²) in [4.78, 5) is 27.1. The second kappa shape index (κ2) is 4.66. The number of benzene rings is 1. The van der Waals surface area contributed by atoms with Crippen molar-refractivity contribution in [3.8, 4) is 0 Å². The Bertz CT molecular complexity index is 626. The molecule has 0 spiro atoms. The Morgan fingerprint density at radius 3 is 2.78 bits per heavy atom. The van der Waals surface area contributed by atoms with Gasteiger partial charge in [-0.05, 0) is 31.8 Å². The lowest BCUT2D eigenvalue weighted by Gasteiger charge is -2.21. The standard InChI is InChI=1S/C12H14N2O4/c1-14(2)10(11(15)17-3)7-4-5-9-8(6-7)13-12(16)18-9/h4-6,10H,1-3H3,(H,13,16). The van der Waals surface area contributed by atoms with E-state index in [4.69, 9.17) is 9.15 Å². The molecule has 1 heterocycles. The van der Waals surface area contributed by atoms with E-state index >= 15 is 0 Å². The van der Waals surface area contributed by atoms with Gasteiger partial charge in [-0.15, -0.1) is 0 Å². The van der Waals surface area contributed by atoms with Gasteiger partial charge < -0.3 is 9.15 Å². The van der Waals surface area contributed by atoms with Crippen LogP contribution in [0.3, 0.4) is 0 Å². The molecule has 1 unspecified atom stereocenters. The molecule has 0 saturated carbocycles. The Morgan fingerprint density at radius 2 is 2.17 bits per heavy atom. The first kappa shape index (κ1) is 12.4. The summed E-state index contributed by atoms with van der Waals surface area (Å²) >= 11 is 0. The lowest BCUT2D eigenvalue weighted by molar-refractivity contribution is -0.146. The van der Waals surface area contributed by atoms with Crippen LogP contribution in [0, 0.1) is 0 Å². The van der Waals surface area contributed by atoms with Crippen molar-refractivity contribution >= 4 is 17.1 Å². The van der Waals surface area contributed by atoms with Gasteiger partial charge in [0.15, 0.2) is 5.58 Å². The zero-order chi connectivity index (χ0) is 13.3. The molecule has 1 aromatic carbocycles. The predicted molar refractivity (Wildman–Crippen MR) is 65.3 cm³/mol. The number of carbonyl (C=O) groups excluding carboxylic acids is 1. The molecule has 0 radical (unpaired) electrons. The minimum atomic E-state index is -0.516. The highest BCUT2D eigenvalue weighted by molar-refractivity contribution is 5.80. The summed E-state index contributed by atoms with van der Waals surface area (Å²) in [7, 11) is 4.91. The van der Waals surface area contributed by atoms with Gasteiger partial charge in [0.25, 0.3) is 0 Å². The summed E-state index contributed by atoms with van der Waals surface area (Å²) in [6, 6.07) is 4.59. The molecule has 1 atom stereocenters. The molecule has 1 N–H and O–H groups in total. The normalized spacial score (nSPS) is 12.9. The topological polar surface area (TPSA) is 75.5 Å². The summed E-state index contributed by atoms with van der Waals surface area (Å²) in [5.74, 6) is -0.869. The number of aromatic nitrogens is 1. The van der Waals surface area contributed by atoms with E-state index in [-0.39, 0.29) is 5.97 Å². The number of aromatic amines is 1. The summed E-state index contributed by atoms with van der Waals surface area (Å²) in [5, 5.41) is 0. The molecule has 2 rings (SSSR count). The number of ether oxygens (including phenoxy) is 1. The van der Waals surface area contributed by atoms with E-state index in [0.29, 0.717) is 11.1 Å². The summed E-state index contributed by atoms with van der Waals surface area (Å²) in [6.45, 7) is 0. The number of hydrogen-bond donors (Lipinski definition) is 1. The number of carbonyl (C=O) groups is 1. The molecule has 6 nitrogen and oxygen atoms in total. The quantitative estimate of drug-likeness (QED) is 0.819. The third-order valence-corrected chi connectivity index (χ3v) is 2.70. The summed E-state index contributed by atoms with van der Waals surface area (Å²) < 4.78 is 9.68. The molecule has 0 saturated heterocycles. The first-order chi connectivity index (χ1) is 8.52. The number of esters is 1. The zero-order valence-electron chi connectivity index (χ0n) is 10.4. The molecular weight excluding hydrogens is 236 g/mol. The van der Waals surface area contributed by atoms with Gasteiger partial charge in [-0.3, -0.25) is 9.88 Å². The monoisotopic (exact) mass is 250 g/mol. The van der Waals surface area contributed by atoms with Crippen molar-refractivity contribution in [3.63, 3.8) is 0 Å². The van der Waals surface area contributed by atoms with Crippen LogP contribution >= 0.6 is 0 Å². The highest BCUT2D eigenvalue weighted by atomic mass is 16.5. The number of nitrogens with zero attached hydrogens (tertiary/aromatic N) is 1. The van der Waals surface area contributed by atoms with Crippen LogP contribution in [0.2, 0.25) is 0 Å².